The summed E-state index contributed by atoms with van der Waals surface area (Å²) in [7, 11) is 0. The summed E-state index contributed by atoms with van der Waals surface area (Å²) in [6.45, 7) is 0. The lowest BCUT2D eigenvalue weighted by Gasteiger charge is -2.11. The van der Waals surface area contributed by atoms with Gasteiger partial charge in [0.25, 0.3) is 5.91 Å². The van der Waals surface area contributed by atoms with E-state index in [-0.39, 0.29) is 5.82 Å². The van der Waals surface area contributed by atoms with Crippen LogP contribution in [0, 0.1) is 0 Å². The van der Waals surface area contributed by atoms with E-state index in [1.165, 1.54) is 12.1 Å². The Hall–Kier alpha value is -2.83. The van der Waals surface area contributed by atoms with E-state index in [1.54, 1.807) is 24.3 Å². The summed E-state index contributed by atoms with van der Waals surface area (Å²) in [6, 6.07) is 11.3. The summed E-state index contributed by atoms with van der Waals surface area (Å²) < 4.78 is 43.8. The highest BCUT2D eigenvalue weighted by molar-refractivity contribution is 6.08. The van der Waals surface area contributed by atoms with Crippen molar-refractivity contribution in [1.29, 1.82) is 0 Å². The second-order valence-corrected chi connectivity index (χ2v) is 4.52. The Labute approximate surface area is 122 Å². The summed E-state index contributed by atoms with van der Waals surface area (Å²) >= 11 is 0. The van der Waals surface area contributed by atoms with Gasteiger partial charge in [0.15, 0.2) is 11.4 Å². The van der Waals surface area contributed by atoms with Gasteiger partial charge in [-0.15, -0.1) is 0 Å². The molecule has 1 aromatic heterocycles. The molecule has 0 saturated carbocycles. The molecular formula is C15H9F3N2O2. The van der Waals surface area contributed by atoms with Crippen LogP contribution in [0.5, 0.6) is 0 Å². The van der Waals surface area contributed by atoms with Crippen molar-refractivity contribution in [3.63, 3.8) is 0 Å². The molecule has 0 unspecified atom stereocenters. The van der Waals surface area contributed by atoms with Crippen LogP contribution in [-0.2, 0) is 6.18 Å². The van der Waals surface area contributed by atoms with E-state index < -0.39 is 23.2 Å². The number of carbonyl (C=O) groups excluding carboxylic acids is 1. The lowest BCUT2D eigenvalue weighted by Crippen LogP contribution is -2.18. The third-order valence-electron chi connectivity index (χ3n) is 3.09. The highest BCUT2D eigenvalue weighted by Gasteiger charge is 2.35. The van der Waals surface area contributed by atoms with Crippen molar-refractivity contribution in [2.75, 3.05) is 5.32 Å². The summed E-state index contributed by atoms with van der Waals surface area (Å²) in [6.07, 6.45) is -4.61. The molecule has 2 aromatic carbocycles. The predicted octanol–water partition coefficient (Wildman–Crippen LogP) is 4.10. The first kappa shape index (κ1) is 14.1. The SMILES string of the molecule is O=C(Nc1noc2ccccc12)c1ccccc1C(F)(F)F. The molecule has 7 heteroatoms. The number of nitrogens with one attached hydrogen (secondary N) is 1. The summed E-state index contributed by atoms with van der Waals surface area (Å²) in [4.78, 5) is 12.1. The van der Waals surface area contributed by atoms with E-state index >= 15 is 0 Å². The van der Waals surface area contributed by atoms with Crippen molar-refractivity contribution in [2.24, 2.45) is 0 Å². The fourth-order valence-electron chi connectivity index (χ4n) is 2.08. The minimum Gasteiger partial charge on any atom is -0.354 e. The molecule has 1 N–H and O–H groups in total. The van der Waals surface area contributed by atoms with Crippen LogP contribution < -0.4 is 5.32 Å². The molecule has 0 bridgehead atoms. The van der Waals surface area contributed by atoms with Crippen LogP contribution in [0.1, 0.15) is 15.9 Å². The number of alkyl halides is 3. The number of anilines is 1. The number of benzene rings is 2. The molecule has 0 aliphatic heterocycles. The number of para-hydroxylation sites is 1. The van der Waals surface area contributed by atoms with Crippen LogP contribution in [0.3, 0.4) is 0 Å². The Bertz CT molecular complexity index is 840. The minimum atomic E-state index is -4.61. The van der Waals surface area contributed by atoms with Gasteiger partial charge in [-0.3, -0.25) is 4.79 Å². The molecule has 0 aliphatic carbocycles. The van der Waals surface area contributed by atoms with E-state index in [9.17, 15) is 18.0 Å². The number of halogens is 3. The molecule has 0 spiro atoms. The topological polar surface area (TPSA) is 55.1 Å². The van der Waals surface area contributed by atoms with Crippen LogP contribution in [0.4, 0.5) is 19.0 Å². The number of nitrogens with zero attached hydrogens (tertiary/aromatic N) is 1. The van der Waals surface area contributed by atoms with Gasteiger partial charge in [0, 0.05) is 0 Å². The average molecular weight is 306 g/mol. The van der Waals surface area contributed by atoms with E-state index in [0.717, 1.165) is 12.1 Å². The third kappa shape index (κ3) is 2.52. The fourth-order valence-corrected chi connectivity index (χ4v) is 2.08. The normalized spacial score (nSPS) is 11.6. The highest BCUT2D eigenvalue weighted by atomic mass is 19.4. The zero-order chi connectivity index (χ0) is 15.7. The number of rotatable bonds is 2. The van der Waals surface area contributed by atoms with Crippen LogP contribution in [-0.4, -0.2) is 11.1 Å². The number of aromatic nitrogens is 1. The number of carbonyl (C=O) groups is 1. The van der Waals surface area contributed by atoms with E-state index in [1.807, 2.05) is 0 Å². The summed E-state index contributed by atoms with van der Waals surface area (Å²) in [5, 5.41) is 6.53. The largest absolute Gasteiger partial charge is 0.417 e. The van der Waals surface area contributed by atoms with Gasteiger partial charge in [0.1, 0.15) is 0 Å². The van der Waals surface area contributed by atoms with Crippen LogP contribution in [0.2, 0.25) is 0 Å². The third-order valence-corrected chi connectivity index (χ3v) is 3.09. The maximum absolute atomic E-state index is 12.9. The molecule has 1 heterocycles. The molecule has 4 nitrogen and oxygen atoms in total. The monoisotopic (exact) mass is 306 g/mol. The smallest absolute Gasteiger partial charge is 0.354 e. The van der Waals surface area contributed by atoms with Gasteiger partial charge >= 0.3 is 6.18 Å². The Morgan fingerprint density at radius 2 is 1.73 bits per heavy atom. The van der Waals surface area contributed by atoms with Gasteiger partial charge in [-0.05, 0) is 24.3 Å². The predicted molar refractivity (Wildman–Crippen MR) is 73.4 cm³/mol. The fraction of sp³-hybridized carbons (Fsp3) is 0.0667. The zero-order valence-electron chi connectivity index (χ0n) is 11.0. The van der Waals surface area contributed by atoms with Crippen molar-refractivity contribution >= 4 is 22.7 Å². The lowest BCUT2D eigenvalue weighted by atomic mass is 10.1. The maximum Gasteiger partial charge on any atom is 0.417 e. The van der Waals surface area contributed by atoms with Crippen molar-refractivity contribution in [3.05, 3.63) is 59.7 Å². The van der Waals surface area contributed by atoms with Gasteiger partial charge in [-0.1, -0.05) is 29.4 Å². The standard InChI is InChI=1S/C15H9F3N2O2/c16-15(17,18)11-7-3-1-5-9(11)14(21)19-13-10-6-2-4-8-12(10)22-20-13/h1-8H,(H,19,20,21). The molecule has 0 radical (unpaired) electrons. The van der Waals surface area contributed by atoms with Gasteiger partial charge in [-0.2, -0.15) is 13.2 Å². The molecule has 112 valence electrons. The minimum absolute atomic E-state index is 0.0811. The van der Waals surface area contributed by atoms with Crippen molar-refractivity contribution < 1.29 is 22.5 Å². The lowest BCUT2D eigenvalue weighted by molar-refractivity contribution is -0.137. The van der Waals surface area contributed by atoms with Crippen LogP contribution in [0.15, 0.2) is 53.1 Å². The molecule has 0 saturated heterocycles. The second-order valence-electron chi connectivity index (χ2n) is 4.52. The summed E-state index contributed by atoms with van der Waals surface area (Å²) in [5.41, 5.74) is -1.04. The second kappa shape index (κ2) is 5.18. The molecule has 0 aliphatic rings. The summed E-state index contributed by atoms with van der Waals surface area (Å²) in [5.74, 6) is -0.815. The first-order chi connectivity index (χ1) is 10.5. The first-order valence-corrected chi connectivity index (χ1v) is 6.29. The molecule has 3 aromatic rings. The number of hydrogen-bond acceptors (Lipinski definition) is 3. The number of amides is 1. The Morgan fingerprint density at radius 3 is 2.50 bits per heavy atom. The van der Waals surface area contributed by atoms with Gasteiger partial charge in [0.05, 0.1) is 16.5 Å². The molecule has 3 rings (SSSR count). The average Bonchev–Trinajstić information content (AvgIpc) is 2.90. The van der Waals surface area contributed by atoms with Crippen molar-refractivity contribution in [2.45, 2.75) is 6.18 Å². The molecular weight excluding hydrogens is 297 g/mol. The quantitative estimate of drug-likeness (QED) is 0.775. The zero-order valence-corrected chi connectivity index (χ0v) is 11.0. The Kier molecular flexibility index (Phi) is 3.32. The number of fused-ring (bicyclic) bond motifs is 1. The molecule has 1 amide bonds. The Morgan fingerprint density at radius 1 is 1.05 bits per heavy atom. The van der Waals surface area contributed by atoms with Crippen molar-refractivity contribution in [1.82, 2.24) is 5.16 Å². The van der Waals surface area contributed by atoms with E-state index in [2.05, 4.69) is 10.5 Å². The Balaban J connectivity index is 1.96. The maximum atomic E-state index is 12.9. The first-order valence-electron chi connectivity index (χ1n) is 6.29. The molecule has 0 atom stereocenters. The van der Waals surface area contributed by atoms with Crippen LogP contribution >= 0.6 is 0 Å². The van der Waals surface area contributed by atoms with Gasteiger partial charge in [-0.25, -0.2) is 0 Å². The van der Waals surface area contributed by atoms with Gasteiger partial charge in [0.2, 0.25) is 0 Å². The van der Waals surface area contributed by atoms with E-state index in [4.69, 9.17) is 4.52 Å². The molecule has 22 heavy (non-hydrogen) atoms. The van der Waals surface area contributed by atoms with Crippen LogP contribution in [0.25, 0.3) is 11.0 Å². The molecule has 0 fully saturated rings. The highest BCUT2D eigenvalue weighted by Crippen LogP contribution is 2.32. The van der Waals surface area contributed by atoms with Crippen molar-refractivity contribution in [3.8, 4) is 0 Å². The number of hydrogen-bond donors (Lipinski definition) is 1. The van der Waals surface area contributed by atoms with Gasteiger partial charge < -0.3 is 9.84 Å². The van der Waals surface area contributed by atoms with E-state index in [0.29, 0.717) is 11.0 Å².